The van der Waals surface area contributed by atoms with Crippen LogP contribution in [0.3, 0.4) is 0 Å². The number of hydrogen-bond donors (Lipinski definition) is 3. The van der Waals surface area contributed by atoms with E-state index in [0.717, 1.165) is 61.1 Å². The molecule has 4 aromatic carbocycles. The van der Waals surface area contributed by atoms with Crippen LogP contribution in [0.5, 0.6) is 5.75 Å². The molecule has 42 heavy (non-hydrogen) atoms. The molecular formula is C37H30N4O. The fourth-order valence-corrected chi connectivity index (χ4v) is 6.29. The van der Waals surface area contributed by atoms with Crippen molar-refractivity contribution in [1.29, 1.82) is 0 Å². The number of ether oxygens (including phenoxy) is 1. The van der Waals surface area contributed by atoms with Gasteiger partial charge in [-0.15, -0.1) is 0 Å². The summed E-state index contributed by atoms with van der Waals surface area (Å²) in [7, 11) is 0. The number of hydrogen-bond acceptors (Lipinski definition) is 5. The van der Waals surface area contributed by atoms with Crippen LogP contribution in [0.4, 0.5) is 5.69 Å². The highest BCUT2D eigenvalue weighted by molar-refractivity contribution is 6.17. The Labute approximate surface area is 244 Å². The highest BCUT2D eigenvalue weighted by Crippen LogP contribution is 2.47. The Balaban J connectivity index is 1.14. The summed E-state index contributed by atoms with van der Waals surface area (Å²) in [6, 6.07) is 31.7. The number of dihydropyridines is 1. The monoisotopic (exact) mass is 546 g/mol. The van der Waals surface area contributed by atoms with Gasteiger partial charge in [-0.1, -0.05) is 109 Å². The largest absolute Gasteiger partial charge is 0.464 e. The molecule has 4 atom stereocenters. The first-order valence-corrected chi connectivity index (χ1v) is 14.4. The molecule has 4 N–H and O–H groups in total. The molecule has 8 rings (SSSR count). The second kappa shape index (κ2) is 10.1. The Bertz CT molecular complexity index is 1940. The Morgan fingerprint density at radius 3 is 2.33 bits per heavy atom. The van der Waals surface area contributed by atoms with E-state index < -0.39 is 0 Å². The molecule has 0 bridgehead atoms. The lowest BCUT2D eigenvalue weighted by molar-refractivity contribution is 0.260. The highest BCUT2D eigenvalue weighted by atomic mass is 16.5. The van der Waals surface area contributed by atoms with E-state index in [4.69, 9.17) is 15.5 Å². The zero-order valence-corrected chi connectivity index (χ0v) is 22.9. The van der Waals surface area contributed by atoms with Crippen molar-refractivity contribution in [2.75, 3.05) is 5.32 Å². The SMILES string of the molecule is NC1C=CC=CC1C1C=CC(c2ccc(-c3nc4ccccc4c4c5c(ccc34)OC(c3ccccc3)N5)cc2)=CN1. The molecular weight excluding hydrogens is 516 g/mol. The maximum Gasteiger partial charge on any atom is 0.196 e. The quantitative estimate of drug-likeness (QED) is 0.204. The third-order valence-corrected chi connectivity index (χ3v) is 8.49. The Morgan fingerprint density at radius 2 is 1.52 bits per heavy atom. The number of nitrogens with one attached hydrogen (secondary N) is 2. The molecule has 0 saturated carbocycles. The molecule has 204 valence electrons. The first-order chi connectivity index (χ1) is 20.7. The van der Waals surface area contributed by atoms with Crippen LogP contribution in [-0.4, -0.2) is 17.1 Å². The number of nitrogens with two attached hydrogens (primary N) is 1. The summed E-state index contributed by atoms with van der Waals surface area (Å²) in [6.07, 6.45) is 14.6. The molecule has 3 aliphatic rings. The van der Waals surface area contributed by atoms with Gasteiger partial charge in [-0.05, 0) is 29.3 Å². The number of rotatable bonds is 4. The van der Waals surface area contributed by atoms with E-state index in [-0.39, 0.29) is 24.2 Å². The first-order valence-electron chi connectivity index (χ1n) is 14.4. The van der Waals surface area contributed by atoms with E-state index in [1.54, 1.807) is 0 Å². The van der Waals surface area contributed by atoms with Gasteiger partial charge in [-0.2, -0.15) is 0 Å². The fraction of sp³-hybridized carbons (Fsp3) is 0.108. The van der Waals surface area contributed by atoms with E-state index in [1.807, 2.05) is 30.3 Å². The molecule has 2 aliphatic heterocycles. The number of para-hydroxylation sites is 1. The molecule has 0 amide bonds. The lowest BCUT2D eigenvalue weighted by Gasteiger charge is -2.29. The van der Waals surface area contributed by atoms with E-state index in [1.165, 1.54) is 0 Å². The number of benzene rings is 4. The molecule has 4 unspecified atom stereocenters. The van der Waals surface area contributed by atoms with Gasteiger partial charge in [0, 0.05) is 45.4 Å². The van der Waals surface area contributed by atoms with Crippen LogP contribution in [0.25, 0.3) is 38.5 Å². The standard InChI is InChI=1S/C37H30N4O/c38-30-12-6-4-10-27(30)31-20-18-26(22-39-31)23-14-16-24(17-15-23)35-29-19-21-33-36(34(29)28-11-5-7-13-32(28)40-35)41-37(42-33)25-8-2-1-3-9-25/h1-22,27,30-31,37,39,41H,38H2. The highest BCUT2D eigenvalue weighted by Gasteiger charge is 2.27. The maximum atomic E-state index is 6.37. The second-order valence-electron chi connectivity index (χ2n) is 11.0. The lowest BCUT2D eigenvalue weighted by atomic mass is 9.87. The van der Waals surface area contributed by atoms with E-state index in [2.05, 4.69) is 114 Å². The molecule has 0 fully saturated rings. The third-order valence-electron chi connectivity index (χ3n) is 8.49. The van der Waals surface area contributed by atoms with Crippen LogP contribution < -0.4 is 21.1 Å². The number of aromatic nitrogens is 1. The molecule has 5 nitrogen and oxygen atoms in total. The minimum Gasteiger partial charge on any atom is -0.464 e. The Kier molecular flexibility index (Phi) is 5.90. The zero-order valence-electron chi connectivity index (χ0n) is 22.9. The number of anilines is 1. The summed E-state index contributed by atoms with van der Waals surface area (Å²) in [5, 5.41) is 10.5. The molecule has 0 radical (unpaired) electrons. The summed E-state index contributed by atoms with van der Waals surface area (Å²) >= 11 is 0. The van der Waals surface area contributed by atoms with Gasteiger partial charge >= 0.3 is 0 Å². The van der Waals surface area contributed by atoms with Gasteiger partial charge in [0.1, 0.15) is 5.75 Å². The normalized spacial score (nSPS) is 22.4. The van der Waals surface area contributed by atoms with Crippen molar-refractivity contribution in [2.24, 2.45) is 11.7 Å². The van der Waals surface area contributed by atoms with Gasteiger partial charge in [0.2, 0.25) is 0 Å². The van der Waals surface area contributed by atoms with Crippen molar-refractivity contribution in [3.05, 3.63) is 145 Å². The van der Waals surface area contributed by atoms with E-state index in [9.17, 15) is 0 Å². The van der Waals surface area contributed by atoms with E-state index >= 15 is 0 Å². The minimum absolute atomic E-state index is 0.0166. The predicted molar refractivity (Wildman–Crippen MR) is 172 cm³/mol. The van der Waals surface area contributed by atoms with Crippen molar-refractivity contribution in [2.45, 2.75) is 18.3 Å². The van der Waals surface area contributed by atoms with Crippen molar-refractivity contribution >= 4 is 32.9 Å². The van der Waals surface area contributed by atoms with Crippen molar-refractivity contribution < 1.29 is 4.74 Å². The lowest BCUT2D eigenvalue weighted by Crippen LogP contribution is -2.42. The molecule has 5 heteroatoms. The number of pyridine rings is 1. The molecule has 5 aromatic rings. The van der Waals surface area contributed by atoms with Crippen molar-refractivity contribution in [3.63, 3.8) is 0 Å². The number of allylic oxidation sites excluding steroid dienone is 4. The van der Waals surface area contributed by atoms with Gasteiger partial charge in [0.15, 0.2) is 6.23 Å². The van der Waals surface area contributed by atoms with Crippen LogP contribution in [0.2, 0.25) is 0 Å². The first kappa shape index (κ1) is 24.6. The summed E-state index contributed by atoms with van der Waals surface area (Å²) in [5.41, 5.74) is 13.7. The van der Waals surface area contributed by atoms with Gasteiger partial charge < -0.3 is 21.1 Å². The molecule has 1 aromatic heterocycles. The molecule has 0 saturated heterocycles. The van der Waals surface area contributed by atoms with E-state index in [0.29, 0.717) is 0 Å². The molecule has 3 heterocycles. The number of nitrogens with zero attached hydrogens (tertiary/aromatic N) is 1. The zero-order chi connectivity index (χ0) is 28.0. The van der Waals surface area contributed by atoms with Crippen molar-refractivity contribution in [1.82, 2.24) is 10.3 Å². The predicted octanol–water partition coefficient (Wildman–Crippen LogP) is 7.50. The van der Waals surface area contributed by atoms with Crippen LogP contribution in [0.1, 0.15) is 17.4 Å². The molecule has 1 aliphatic carbocycles. The smallest absolute Gasteiger partial charge is 0.196 e. The summed E-state index contributed by atoms with van der Waals surface area (Å²) < 4.78 is 6.37. The summed E-state index contributed by atoms with van der Waals surface area (Å²) in [6.45, 7) is 0. The number of fused-ring (bicyclic) bond motifs is 5. The Morgan fingerprint density at radius 1 is 0.738 bits per heavy atom. The topological polar surface area (TPSA) is 72.2 Å². The maximum absolute atomic E-state index is 6.37. The third kappa shape index (κ3) is 4.18. The van der Waals surface area contributed by atoms with Gasteiger partial charge in [0.25, 0.3) is 0 Å². The van der Waals surface area contributed by atoms with Gasteiger partial charge in [-0.3, -0.25) is 0 Å². The Hall–Kier alpha value is -5.13. The average Bonchev–Trinajstić information content (AvgIpc) is 3.50. The van der Waals surface area contributed by atoms with Crippen LogP contribution in [0.15, 0.2) is 134 Å². The summed E-state index contributed by atoms with van der Waals surface area (Å²) in [5.74, 6) is 1.10. The second-order valence-corrected chi connectivity index (χ2v) is 11.0. The van der Waals surface area contributed by atoms with Gasteiger partial charge in [-0.25, -0.2) is 4.98 Å². The van der Waals surface area contributed by atoms with Crippen LogP contribution in [-0.2, 0) is 0 Å². The van der Waals surface area contributed by atoms with Crippen molar-refractivity contribution in [3.8, 4) is 17.0 Å². The van der Waals surface area contributed by atoms with Crippen LogP contribution in [0, 0.1) is 5.92 Å². The average molecular weight is 547 g/mol. The minimum atomic E-state index is -0.229. The summed E-state index contributed by atoms with van der Waals surface area (Å²) in [4.78, 5) is 5.15. The molecule has 0 spiro atoms. The fourth-order valence-electron chi connectivity index (χ4n) is 6.29. The van der Waals surface area contributed by atoms with Crippen LogP contribution >= 0.6 is 0 Å². The van der Waals surface area contributed by atoms with Gasteiger partial charge in [0.05, 0.1) is 22.9 Å².